The van der Waals surface area contributed by atoms with E-state index in [1.54, 1.807) is 12.1 Å². The highest BCUT2D eigenvalue weighted by Crippen LogP contribution is 2.26. The maximum Gasteiger partial charge on any atom is 0.293 e. The van der Waals surface area contributed by atoms with Gasteiger partial charge in [0.25, 0.3) is 5.69 Å². The third kappa shape index (κ3) is 4.78. The summed E-state index contributed by atoms with van der Waals surface area (Å²) in [6.07, 6.45) is 0. The van der Waals surface area contributed by atoms with E-state index in [2.05, 4.69) is 30.1 Å². The highest BCUT2D eigenvalue weighted by molar-refractivity contribution is 5.64. The molecule has 0 aliphatic carbocycles. The van der Waals surface area contributed by atoms with Crippen molar-refractivity contribution in [2.75, 3.05) is 18.4 Å². The molecule has 2 aromatic carbocycles. The zero-order valence-corrected chi connectivity index (χ0v) is 14.5. The molecule has 0 saturated heterocycles. The first kappa shape index (κ1) is 18.4. The Morgan fingerprint density at radius 2 is 1.84 bits per heavy atom. The van der Waals surface area contributed by atoms with Gasteiger partial charge in [-0.15, -0.1) is 0 Å². The van der Waals surface area contributed by atoms with E-state index in [-0.39, 0.29) is 11.3 Å². The minimum atomic E-state index is -0.467. The van der Waals surface area contributed by atoms with Crippen LogP contribution in [0.2, 0.25) is 0 Å². The van der Waals surface area contributed by atoms with Crippen molar-refractivity contribution >= 4 is 11.4 Å². The third-order valence-corrected chi connectivity index (χ3v) is 4.20. The number of hydrogen-bond donors (Lipinski definition) is 1. The van der Waals surface area contributed by atoms with Crippen LogP contribution in [0.25, 0.3) is 0 Å². The van der Waals surface area contributed by atoms with E-state index in [1.165, 1.54) is 11.6 Å². The van der Waals surface area contributed by atoms with Crippen LogP contribution in [0, 0.1) is 21.4 Å². The Morgan fingerprint density at radius 3 is 2.44 bits per heavy atom. The Balaban J connectivity index is 2.20. The Kier molecular flexibility index (Phi) is 6.49. The molecule has 2 rings (SSSR count). The lowest BCUT2D eigenvalue weighted by molar-refractivity contribution is -0.384. The summed E-state index contributed by atoms with van der Waals surface area (Å²) in [5, 5.41) is 23.3. The largest absolute Gasteiger partial charge is 0.375 e. The molecule has 0 atom stereocenters. The normalized spacial score (nSPS) is 10.5. The molecule has 130 valence electrons. The van der Waals surface area contributed by atoms with Crippen LogP contribution >= 0.6 is 0 Å². The van der Waals surface area contributed by atoms with Gasteiger partial charge in [0.15, 0.2) is 0 Å². The van der Waals surface area contributed by atoms with Crippen LogP contribution in [0.15, 0.2) is 42.5 Å². The van der Waals surface area contributed by atoms with Crippen LogP contribution < -0.4 is 5.32 Å². The zero-order chi connectivity index (χ0) is 18.2. The topological polar surface area (TPSA) is 82.2 Å². The smallest absolute Gasteiger partial charge is 0.293 e. The summed E-state index contributed by atoms with van der Waals surface area (Å²) < 4.78 is 0. The molecule has 0 bridgehead atoms. The Morgan fingerprint density at radius 1 is 1.16 bits per heavy atom. The van der Waals surface area contributed by atoms with Gasteiger partial charge in [0, 0.05) is 19.2 Å². The summed E-state index contributed by atoms with van der Waals surface area (Å²) in [5.74, 6) is 0. The van der Waals surface area contributed by atoms with Crippen molar-refractivity contribution in [3.05, 3.63) is 69.3 Å². The van der Waals surface area contributed by atoms with E-state index in [9.17, 15) is 10.1 Å². The fraction of sp³-hybridized carbons (Fsp3) is 0.316. The van der Waals surface area contributed by atoms with Gasteiger partial charge >= 0.3 is 0 Å². The van der Waals surface area contributed by atoms with Crippen molar-refractivity contribution < 1.29 is 4.92 Å². The van der Waals surface area contributed by atoms with E-state index in [0.717, 1.165) is 25.2 Å². The van der Waals surface area contributed by atoms with Crippen LogP contribution in [0.5, 0.6) is 0 Å². The first-order valence-electron chi connectivity index (χ1n) is 8.30. The molecule has 0 unspecified atom stereocenters. The number of nitriles is 1. The van der Waals surface area contributed by atoms with E-state index < -0.39 is 4.92 Å². The second-order valence-corrected chi connectivity index (χ2v) is 5.68. The predicted molar refractivity (Wildman–Crippen MR) is 98.2 cm³/mol. The molecule has 0 spiro atoms. The fourth-order valence-corrected chi connectivity index (χ4v) is 2.66. The number of nitro groups is 1. The van der Waals surface area contributed by atoms with Gasteiger partial charge in [-0.1, -0.05) is 38.1 Å². The number of rotatable bonds is 8. The van der Waals surface area contributed by atoms with Crippen molar-refractivity contribution in [2.24, 2.45) is 0 Å². The van der Waals surface area contributed by atoms with Crippen LogP contribution in [-0.2, 0) is 13.1 Å². The predicted octanol–water partition coefficient (Wildman–Crippen LogP) is 3.92. The Labute approximate surface area is 147 Å². The molecule has 0 fully saturated rings. The lowest BCUT2D eigenvalue weighted by Crippen LogP contribution is -2.23. The molecule has 1 N–H and O–H groups in total. The molecule has 2 aromatic rings. The molecule has 25 heavy (non-hydrogen) atoms. The second kappa shape index (κ2) is 8.81. The molecule has 6 heteroatoms. The molecule has 0 aliphatic rings. The number of nitrogens with one attached hydrogen (secondary N) is 1. The molecule has 0 saturated carbocycles. The van der Waals surface area contributed by atoms with Crippen LogP contribution in [0.3, 0.4) is 0 Å². The average molecular weight is 338 g/mol. The number of benzene rings is 2. The summed E-state index contributed by atoms with van der Waals surface area (Å²) in [7, 11) is 0. The van der Waals surface area contributed by atoms with Gasteiger partial charge < -0.3 is 5.32 Å². The standard InChI is InChI=1S/C19H22N4O2/c1-3-22(4-2)14-17-8-6-5-7-16(17)13-21-18-10-9-15(12-20)11-19(18)23(24)25/h5-11,21H,3-4,13-14H2,1-2H3. The van der Waals surface area contributed by atoms with E-state index >= 15 is 0 Å². The third-order valence-electron chi connectivity index (χ3n) is 4.20. The summed E-state index contributed by atoms with van der Waals surface area (Å²) >= 11 is 0. The molecular formula is C19H22N4O2. The monoisotopic (exact) mass is 338 g/mol. The van der Waals surface area contributed by atoms with Crippen LogP contribution in [0.1, 0.15) is 30.5 Å². The Hall–Kier alpha value is -2.91. The van der Waals surface area contributed by atoms with Gasteiger partial charge in [-0.2, -0.15) is 5.26 Å². The lowest BCUT2D eigenvalue weighted by Gasteiger charge is -2.20. The number of anilines is 1. The Bertz CT molecular complexity index is 779. The highest BCUT2D eigenvalue weighted by Gasteiger charge is 2.15. The summed E-state index contributed by atoms with van der Waals surface area (Å²) in [6.45, 7) is 7.54. The maximum atomic E-state index is 11.2. The van der Waals surface area contributed by atoms with Crippen molar-refractivity contribution in [1.82, 2.24) is 4.90 Å². The van der Waals surface area contributed by atoms with E-state index in [0.29, 0.717) is 12.2 Å². The first-order chi connectivity index (χ1) is 12.1. The summed E-state index contributed by atoms with van der Waals surface area (Å²) in [5.41, 5.74) is 2.92. The van der Waals surface area contributed by atoms with E-state index in [4.69, 9.17) is 5.26 Å². The quantitative estimate of drug-likeness (QED) is 0.583. The second-order valence-electron chi connectivity index (χ2n) is 5.68. The molecule has 0 aliphatic heterocycles. The van der Waals surface area contributed by atoms with Crippen molar-refractivity contribution in [3.8, 4) is 6.07 Å². The number of nitrogens with zero attached hydrogens (tertiary/aromatic N) is 3. The van der Waals surface area contributed by atoms with Gasteiger partial charge in [0.2, 0.25) is 0 Å². The minimum Gasteiger partial charge on any atom is -0.375 e. The van der Waals surface area contributed by atoms with Crippen LogP contribution in [-0.4, -0.2) is 22.9 Å². The highest BCUT2D eigenvalue weighted by atomic mass is 16.6. The van der Waals surface area contributed by atoms with Crippen LogP contribution in [0.4, 0.5) is 11.4 Å². The SMILES string of the molecule is CCN(CC)Cc1ccccc1CNc1ccc(C#N)cc1[N+](=O)[O-]. The van der Waals surface area contributed by atoms with Gasteiger partial charge in [-0.05, 0) is 36.3 Å². The summed E-state index contributed by atoms with van der Waals surface area (Å²) in [4.78, 5) is 13.1. The first-order valence-corrected chi connectivity index (χ1v) is 8.30. The van der Waals surface area contributed by atoms with Crippen molar-refractivity contribution in [3.63, 3.8) is 0 Å². The van der Waals surface area contributed by atoms with Gasteiger partial charge in [0.05, 0.1) is 16.6 Å². The molecule has 0 amide bonds. The molecular weight excluding hydrogens is 316 g/mol. The average Bonchev–Trinajstić information content (AvgIpc) is 2.64. The van der Waals surface area contributed by atoms with Gasteiger partial charge in [0.1, 0.15) is 5.69 Å². The minimum absolute atomic E-state index is 0.0831. The maximum absolute atomic E-state index is 11.2. The molecule has 6 nitrogen and oxygen atoms in total. The molecule has 0 heterocycles. The zero-order valence-electron chi connectivity index (χ0n) is 14.5. The molecule has 0 aromatic heterocycles. The number of nitro benzene ring substituents is 1. The lowest BCUT2D eigenvalue weighted by atomic mass is 10.1. The van der Waals surface area contributed by atoms with Gasteiger partial charge in [-0.3, -0.25) is 15.0 Å². The number of hydrogen-bond acceptors (Lipinski definition) is 5. The van der Waals surface area contributed by atoms with Crippen molar-refractivity contribution in [1.29, 1.82) is 5.26 Å². The fourth-order valence-electron chi connectivity index (χ4n) is 2.66. The summed E-state index contributed by atoms with van der Waals surface area (Å²) in [6, 6.07) is 14.5. The van der Waals surface area contributed by atoms with Crippen molar-refractivity contribution in [2.45, 2.75) is 26.9 Å². The molecule has 0 radical (unpaired) electrons. The van der Waals surface area contributed by atoms with E-state index in [1.807, 2.05) is 24.3 Å². The van der Waals surface area contributed by atoms with Gasteiger partial charge in [-0.25, -0.2) is 0 Å².